The van der Waals surface area contributed by atoms with E-state index in [1.54, 1.807) is 13.0 Å². The zero-order valence-corrected chi connectivity index (χ0v) is 13.2. The first-order chi connectivity index (χ1) is 11.8. The van der Waals surface area contributed by atoms with Gasteiger partial charge in [-0.25, -0.2) is 4.39 Å². The highest BCUT2D eigenvalue weighted by molar-refractivity contribution is 6.05. The summed E-state index contributed by atoms with van der Waals surface area (Å²) in [6.45, 7) is 1.60. The molecule has 0 saturated heterocycles. The lowest BCUT2D eigenvalue weighted by Gasteiger charge is -2.24. The van der Waals surface area contributed by atoms with Crippen LogP contribution in [-0.4, -0.2) is 16.7 Å². The van der Waals surface area contributed by atoms with Crippen LogP contribution in [0.3, 0.4) is 0 Å². The molecule has 0 bridgehead atoms. The van der Waals surface area contributed by atoms with E-state index in [0.717, 1.165) is 6.07 Å². The number of halogens is 1. The second kappa shape index (κ2) is 6.31. The molecule has 0 radical (unpaired) electrons. The summed E-state index contributed by atoms with van der Waals surface area (Å²) >= 11 is 0. The Morgan fingerprint density at radius 2 is 2.08 bits per heavy atom. The van der Waals surface area contributed by atoms with E-state index in [1.165, 1.54) is 24.3 Å². The number of rotatable bonds is 3. The van der Waals surface area contributed by atoms with E-state index in [2.05, 4.69) is 10.6 Å². The fourth-order valence-electron chi connectivity index (χ4n) is 2.78. The largest absolute Gasteiger partial charge is 0.326 e. The Kier molecular flexibility index (Phi) is 4.18. The summed E-state index contributed by atoms with van der Waals surface area (Å²) in [6.07, 6.45) is -0.0849. The topological polar surface area (TPSA) is 101 Å². The van der Waals surface area contributed by atoms with Crippen LogP contribution in [0.15, 0.2) is 36.4 Å². The molecule has 1 heterocycles. The lowest BCUT2D eigenvalue weighted by molar-refractivity contribution is -0.385. The van der Waals surface area contributed by atoms with Crippen LogP contribution in [0.4, 0.5) is 21.5 Å². The van der Waals surface area contributed by atoms with E-state index < -0.39 is 28.5 Å². The second-order valence-electron chi connectivity index (χ2n) is 5.78. The Hall–Kier alpha value is -3.29. The molecule has 2 aromatic rings. The summed E-state index contributed by atoms with van der Waals surface area (Å²) < 4.78 is 13.3. The number of benzene rings is 2. The minimum atomic E-state index is -0.801. The zero-order chi connectivity index (χ0) is 18.1. The van der Waals surface area contributed by atoms with Gasteiger partial charge in [-0.1, -0.05) is 12.1 Å². The monoisotopic (exact) mass is 343 g/mol. The maximum Gasteiger partial charge on any atom is 0.274 e. The number of nitrogens with one attached hydrogen (secondary N) is 2. The number of fused-ring (bicyclic) bond motifs is 1. The van der Waals surface area contributed by atoms with Gasteiger partial charge in [-0.3, -0.25) is 19.7 Å². The number of hydrogen-bond donors (Lipinski definition) is 2. The first-order valence-corrected chi connectivity index (χ1v) is 7.50. The number of anilines is 2. The fraction of sp³-hybridized carbons (Fsp3) is 0.176. The van der Waals surface area contributed by atoms with Gasteiger partial charge in [-0.05, 0) is 30.7 Å². The lowest BCUT2D eigenvalue weighted by Crippen LogP contribution is -2.30. The molecule has 1 atom stereocenters. The fourth-order valence-corrected chi connectivity index (χ4v) is 2.78. The van der Waals surface area contributed by atoms with Gasteiger partial charge in [0.2, 0.25) is 11.8 Å². The summed E-state index contributed by atoms with van der Waals surface area (Å²) in [4.78, 5) is 34.8. The van der Waals surface area contributed by atoms with E-state index in [1.807, 2.05) is 0 Å². The normalized spacial score (nSPS) is 15.9. The number of carbonyl (C=O) groups is 2. The number of nitro benzene ring substituents is 1. The Morgan fingerprint density at radius 1 is 1.32 bits per heavy atom. The van der Waals surface area contributed by atoms with Crippen LogP contribution in [0.1, 0.15) is 23.5 Å². The average Bonchev–Trinajstić information content (AvgIpc) is 2.55. The smallest absolute Gasteiger partial charge is 0.274 e. The van der Waals surface area contributed by atoms with Crippen molar-refractivity contribution in [3.63, 3.8) is 0 Å². The van der Waals surface area contributed by atoms with Gasteiger partial charge in [0.05, 0.1) is 10.8 Å². The maximum absolute atomic E-state index is 13.3. The molecule has 2 N–H and O–H groups in total. The molecular weight excluding hydrogens is 329 g/mol. The third kappa shape index (κ3) is 3.32. The van der Waals surface area contributed by atoms with Gasteiger partial charge >= 0.3 is 0 Å². The number of amides is 2. The third-order valence-electron chi connectivity index (χ3n) is 4.04. The molecule has 25 heavy (non-hydrogen) atoms. The van der Waals surface area contributed by atoms with E-state index in [-0.39, 0.29) is 23.5 Å². The van der Waals surface area contributed by atoms with Crippen LogP contribution in [-0.2, 0) is 9.59 Å². The van der Waals surface area contributed by atoms with Crippen molar-refractivity contribution in [1.29, 1.82) is 0 Å². The summed E-state index contributed by atoms with van der Waals surface area (Å²) in [5.74, 6) is -2.20. The molecule has 0 spiro atoms. The van der Waals surface area contributed by atoms with Crippen LogP contribution >= 0.6 is 0 Å². The van der Waals surface area contributed by atoms with Crippen LogP contribution in [0.2, 0.25) is 0 Å². The quantitative estimate of drug-likeness (QED) is 0.660. The number of aryl methyl sites for hydroxylation is 1. The summed E-state index contributed by atoms with van der Waals surface area (Å²) in [5, 5.41) is 16.1. The average molecular weight is 343 g/mol. The van der Waals surface area contributed by atoms with Crippen LogP contribution in [0.5, 0.6) is 0 Å². The van der Waals surface area contributed by atoms with Crippen molar-refractivity contribution in [3.05, 3.63) is 63.5 Å². The Bertz CT molecular complexity index is 897. The highest BCUT2D eigenvalue weighted by Crippen LogP contribution is 2.34. The molecule has 2 aromatic carbocycles. The summed E-state index contributed by atoms with van der Waals surface area (Å²) in [5.41, 5.74) is 1.38. The molecule has 2 amide bonds. The summed E-state index contributed by atoms with van der Waals surface area (Å²) in [6, 6.07) is 8.17. The third-order valence-corrected chi connectivity index (χ3v) is 4.04. The first-order valence-electron chi connectivity index (χ1n) is 7.50. The van der Waals surface area contributed by atoms with Gasteiger partial charge in [-0.2, -0.15) is 0 Å². The molecule has 0 aromatic heterocycles. The molecule has 0 aliphatic carbocycles. The zero-order valence-electron chi connectivity index (χ0n) is 13.2. The van der Waals surface area contributed by atoms with Gasteiger partial charge in [0.25, 0.3) is 5.69 Å². The van der Waals surface area contributed by atoms with E-state index in [4.69, 9.17) is 0 Å². The molecule has 0 fully saturated rings. The van der Waals surface area contributed by atoms with Gasteiger partial charge < -0.3 is 10.6 Å². The van der Waals surface area contributed by atoms with Crippen molar-refractivity contribution in [3.8, 4) is 0 Å². The minimum absolute atomic E-state index is 0.0849. The van der Waals surface area contributed by atoms with Gasteiger partial charge in [0.1, 0.15) is 5.82 Å². The number of nitrogens with zero attached hydrogens (tertiary/aromatic N) is 1. The SMILES string of the molecule is Cc1ccc(NC(=O)[C@H]2CC(=O)Nc3cc(F)ccc32)cc1[N+](=O)[O-]. The molecule has 1 aliphatic heterocycles. The van der Waals surface area contributed by atoms with Crippen molar-refractivity contribution in [2.75, 3.05) is 10.6 Å². The lowest BCUT2D eigenvalue weighted by atomic mass is 9.89. The van der Waals surface area contributed by atoms with Crippen molar-refractivity contribution in [1.82, 2.24) is 0 Å². The predicted octanol–water partition coefficient (Wildman–Crippen LogP) is 3.11. The molecule has 7 nitrogen and oxygen atoms in total. The standard InChI is InChI=1S/C17H14FN3O4/c1-9-2-4-11(7-15(9)21(24)25)19-17(23)13-8-16(22)20-14-6-10(18)3-5-12(13)14/h2-7,13H,8H2,1H3,(H,19,23)(H,20,22)/t13-/m0/s1. The van der Waals surface area contributed by atoms with Crippen LogP contribution in [0.25, 0.3) is 0 Å². The van der Waals surface area contributed by atoms with Gasteiger partial charge in [0.15, 0.2) is 0 Å². The van der Waals surface area contributed by atoms with Crippen molar-refractivity contribution in [2.24, 2.45) is 0 Å². The van der Waals surface area contributed by atoms with Crippen LogP contribution < -0.4 is 10.6 Å². The highest BCUT2D eigenvalue weighted by Gasteiger charge is 2.31. The van der Waals surface area contributed by atoms with Crippen LogP contribution in [0, 0.1) is 22.9 Å². The molecular formula is C17H14FN3O4. The van der Waals surface area contributed by atoms with Gasteiger partial charge in [0, 0.05) is 29.4 Å². The highest BCUT2D eigenvalue weighted by atomic mass is 19.1. The summed E-state index contributed by atoms with van der Waals surface area (Å²) in [7, 11) is 0. The van der Waals surface area contributed by atoms with Crippen molar-refractivity contribution < 1.29 is 18.9 Å². The Balaban J connectivity index is 1.88. The Morgan fingerprint density at radius 3 is 2.80 bits per heavy atom. The maximum atomic E-state index is 13.3. The van der Waals surface area contributed by atoms with Crippen molar-refractivity contribution in [2.45, 2.75) is 19.3 Å². The van der Waals surface area contributed by atoms with Gasteiger partial charge in [-0.15, -0.1) is 0 Å². The minimum Gasteiger partial charge on any atom is -0.326 e. The van der Waals surface area contributed by atoms with Crippen molar-refractivity contribution >= 4 is 28.9 Å². The number of carbonyl (C=O) groups excluding carboxylic acids is 2. The molecule has 1 aliphatic rings. The van der Waals surface area contributed by atoms with E-state index >= 15 is 0 Å². The van der Waals surface area contributed by atoms with E-state index in [0.29, 0.717) is 11.1 Å². The first kappa shape index (κ1) is 16.6. The number of hydrogen-bond acceptors (Lipinski definition) is 4. The molecule has 0 unspecified atom stereocenters. The molecule has 8 heteroatoms. The molecule has 0 saturated carbocycles. The second-order valence-corrected chi connectivity index (χ2v) is 5.78. The Labute approximate surface area is 142 Å². The number of nitro groups is 1. The predicted molar refractivity (Wildman–Crippen MR) is 88.9 cm³/mol. The molecule has 128 valence electrons. The molecule has 3 rings (SSSR count). The van der Waals surface area contributed by atoms with E-state index in [9.17, 15) is 24.1 Å².